The number of aryl methyl sites for hydroxylation is 1. The van der Waals surface area contributed by atoms with E-state index in [1.54, 1.807) is 6.26 Å². The molecular weight excluding hydrogens is 230 g/mol. The molecule has 0 aliphatic carbocycles. The summed E-state index contributed by atoms with van der Waals surface area (Å²) in [6, 6.07) is 2.04. The van der Waals surface area contributed by atoms with E-state index in [2.05, 4.69) is 22.4 Å². The normalized spacial score (nSPS) is 24.3. The Morgan fingerprint density at radius 1 is 1.44 bits per heavy atom. The van der Waals surface area contributed by atoms with Gasteiger partial charge in [0.15, 0.2) is 0 Å². The maximum atomic E-state index is 5.39. The fourth-order valence-corrected chi connectivity index (χ4v) is 2.47. The minimum Gasteiger partial charge on any atom is -0.469 e. The number of hydrogen-bond donors (Lipinski definition) is 1. The van der Waals surface area contributed by atoms with Crippen molar-refractivity contribution in [3.8, 4) is 11.4 Å². The van der Waals surface area contributed by atoms with Crippen LogP contribution in [0.5, 0.6) is 0 Å². The molecular formula is C13H17N3O2. The topological polar surface area (TPSA) is 64.1 Å². The Labute approximate surface area is 106 Å². The van der Waals surface area contributed by atoms with Gasteiger partial charge in [0.2, 0.25) is 11.7 Å². The summed E-state index contributed by atoms with van der Waals surface area (Å²) >= 11 is 0. The summed E-state index contributed by atoms with van der Waals surface area (Å²) in [5.74, 6) is 2.62. The number of nitrogens with zero attached hydrogens (tertiary/aromatic N) is 2. The van der Waals surface area contributed by atoms with E-state index in [9.17, 15) is 0 Å². The lowest BCUT2D eigenvalue weighted by atomic mass is 9.93. The summed E-state index contributed by atoms with van der Waals surface area (Å²) in [7, 11) is 0. The van der Waals surface area contributed by atoms with E-state index in [4.69, 9.17) is 8.94 Å². The first kappa shape index (κ1) is 11.5. The first-order chi connectivity index (χ1) is 8.75. The van der Waals surface area contributed by atoms with Gasteiger partial charge < -0.3 is 14.3 Å². The van der Waals surface area contributed by atoms with Crippen molar-refractivity contribution in [1.82, 2.24) is 15.5 Å². The van der Waals surface area contributed by atoms with Gasteiger partial charge in [-0.2, -0.15) is 4.98 Å². The molecule has 3 heterocycles. The monoisotopic (exact) mass is 247 g/mol. The van der Waals surface area contributed by atoms with Gasteiger partial charge in [0.1, 0.15) is 5.76 Å². The van der Waals surface area contributed by atoms with E-state index in [0.29, 0.717) is 17.6 Å². The maximum Gasteiger partial charge on any atom is 0.244 e. The summed E-state index contributed by atoms with van der Waals surface area (Å²) in [6.07, 6.45) is 4.04. The molecule has 18 heavy (non-hydrogen) atoms. The number of furan rings is 1. The van der Waals surface area contributed by atoms with Crippen LogP contribution in [0.1, 0.15) is 37.5 Å². The molecule has 1 N–H and O–H groups in total. The second-order valence-electron chi connectivity index (χ2n) is 4.90. The van der Waals surface area contributed by atoms with Gasteiger partial charge >= 0.3 is 0 Å². The summed E-state index contributed by atoms with van der Waals surface area (Å²) < 4.78 is 10.6. The van der Waals surface area contributed by atoms with Crippen LogP contribution in [0, 0.1) is 12.8 Å². The second kappa shape index (κ2) is 4.57. The first-order valence-electron chi connectivity index (χ1n) is 6.37. The molecule has 2 atom stereocenters. The third-order valence-corrected chi connectivity index (χ3v) is 3.58. The van der Waals surface area contributed by atoms with Crippen molar-refractivity contribution in [3.05, 3.63) is 24.0 Å². The highest BCUT2D eigenvalue weighted by Crippen LogP contribution is 2.29. The fourth-order valence-electron chi connectivity index (χ4n) is 2.47. The third-order valence-electron chi connectivity index (χ3n) is 3.58. The zero-order chi connectivity index (χ0) is 12.5. The van der Waals surface area contributed by atoms with E-state index in [1.165, 1.54) is 12.8 Å². The smallest absolute Gasteiger partial charge is 0.244 e. The largest absolute Gasteiger partial charge is 0.469 e. The lowest BCUT2D eigenvalue weighted by molar-refractivity contribution is 0.239. The van der Waals surface area contributed by atoms with Crippen molar-refractivity contribution in [1.29, 1.82) is 0 Å². The summed E-state index contributed by atoms with van der Waals surface area (Å²) in [4.78, 5) is 4.49. The van der Waals surface area contributed by atoms with Crippen LogP contribution >= 0.6 is 0 Å². The Kier molecular flexibility index (Phi) is 2.91. The Hall–Kier alpha value is -1.62. The highest BCUT2D eigenvalue weighted by atomic mass is 16.5. The molecule has 2 aromatic heterocycles. The summed E-state index contributed by atoms with van der Waals surface area (Å²) in [6.45, 7) is 5.12. The molecule has 2 aromatic rings. The molecule has 1 saturated heterocycles. The SMILES string of the molecule is Cc1occc1-c1noc(C2NCCCC2C)n1. The van der Waals surface area contributed by atoms with Gasteiger partial charge in [-0.1, -0.05) is 12.1 Å². The van der Waals surface area contributed by atoms with Crippen LogP contribution < -0.4 is 5.32 Å². The molecule has 0 radical (unpaired) electrons. The minimum atomic E-state index is 0.173. The van der Waals surface area contributed by atoms with Crippen LogP contribution in [0.25, 0.3) is 11.4 Å². The number of hydrogen-bond acceptors (Lipinski definition) is 5. The standard InChI is InChI=1S/C13H17N3O2/c1-8-4-3-6-14-11(8)13-15-12(16-18-13)10-5-7-17-9(10)2/h5,7-8,11,14H,3-4,6H2,1-2H3. The van der Waals surface area contributed by atoms with Crippen LogP contribution in [0.4, 0.5) is 0 Å². The maximum absolute atomic E-state index is 5.39. The fraction of sp³-hybridized carbons (Fsp3) is 0.538. The van der Waals surface area contributed by atoms with Crippen molar-refractivity contribution >= 4 is 0 Å². The summed E-state index contributed by atoms with van der Waals surface area (Å²) in [5, 5.41) is 7.48. The van der Waals surface area contributed by atoms with Crippen molar-refractivity contribution in [3.63, 3.8) is 0 Å². The molecule has 2 unspecified atom stereocenters. The van der Waals surface area contributed by atoms with E-state index in [-0.39, 0.29) is 6.04 Å². The van der Waals surface area contributed by atoms with Gasteiger partial charge in [-0.25, -0.2) is 0 Å². The van der Waals surface area contributed by atoms with Crippen molar-refractivity contribution in [2.75, 3.05) is 6.54 Å². The molecule has 96 valence electrons. The molecule has 3 rings (SSSR count). The first-order valence-corrected chi connectivity index (χ1v) is 6.37. The molecule has 5 heteroatoms. The quantitative estimate of drug-likeness (QED) is 0.883. The van der Waals surface area contributed by atoms with Gasteiger partial charge in [0.25, 0.3) is 0 Å². The Morgan fingerprint density at radius 2 is 2.33 bits per heavy atom. The van der Waals surface area contributed by atoms with Gasteiger partial charge in [-0.3, -0.25) is 0 Å². The highest BCUT2D eigenvalue weighted by Gasteiger charge is 2.27. The van der Waals surface area contributed by atoms with Crippen molar-refractivity contribution < 1.29 is 8.94 Å². The molecule has 0 amide bonds. The van der Waals surface area contributed by atoms with E-state index >= 15 is 0 Å². The van der Waals surface area contributed by atoms with E-state index < -0.39 is 0 Å². The second-order valence-corrected chi connectivity index (χ2v) is 4.90. The predicted octanol–water partition coefficient (Wildman–Crippen LogP) is 2.70. The Morgan fingerprint density at radius 3 is 3.06 bits per heavy atom. The molecule has 5 nitrogen and oxygen atoms in total. The zero-order valence-electron chi connectivity index (χ0n) is 10.6. The van der Waals surface area contributed by atoms with Crippen LogP contribution in [0.2, 0.25) is 0 Å². The van der Waals surface area contributed by atoms with Crippen LogP contribution in [-0.2, 0) is 0 Å². The van der Waals surface area contributed by atoms with Crippen LogP contribution in [0.15, 0.2) is 21.3 Å². The van der Waals surface area contributed by atoms with Gasteiger partial charge in [0.05, 0.1) is 17.9 Å². The minimum absolute atomic E-state index is 0.173. The third kappa shape index (κ3) is 1.95. The molecule has 1 aliphatic heterocycles. The van der Waals surface area contributed by atoms with E-state index in [1.807, 2.05) is 13.0 Å². The predicted molar refractivity (Wildman–Crippen MR) is 65.9 cm³/mol. The highest BCUT2D eigenvalue weighted by molar-refractivity contribution is 5.56. The average molecular weight is 247 g/mol. The van der Waals surface area contributed by atoms with Crippen LogP contribution in [-0.4, -0.2) is 16.7 Å². The Balaban J connectivity index is 1.87. The lowest BCUT2D eigenvalue weighted by Gasteiger charge is -2.26. The molecule has 0 aromatic carbocycles. The number of piperidine rings is 1. The lowest BCUT2D eigenvalue weighted by Crippen LogP contribution is -2.33. The van der Waals surface area contributed by atoms with Crippen LogP contribution in [0.3, 0.4) is 0 Å². The molecule has 0 bridgehead atoms. The summed E-state index contributed by atoms with van der Waals surface area (Å²) in [5.41, 5.74) is 0.897. The molecule has 1 fully saturated rings. The van der Waals surface area contributed by atoms with Gasteiger partial charge in [0, 0.05) is 0 Å². The molecule has 1 aliphatic rings. The van der Waals surface area contributed by atoms with Gasteiger partial charge in [-0.05, 0) is 38.3 Å². The molecule has 0 spiro atoms. The Bertz CT molecular complexity index is 532. The van der Waals surface area contributed by atoms with Crippen molar-refractivity contribution in [2.24, 2.45) is 5.92 Å². The van der Waals surface area contributed by atoms with Gasteiger partial charge in [-0.15, -0.1) is 0 Å². The average Bonchev–Trinajstić information content (AvgIpc) is 2.98. The number of aromatic nitrogens is 2. The zero-order valence-corrected chi connectivity index (χ0v) is 10.6. The molecule has 0 saturated carbocycles. The number of nitrogens with one attached hydrogen (secondary N) is 1. The van der Waals surface area contributed by atoms with Crippen molar-refractivity contribution in [2.45, 2.75) is 32.7 Å². The number of rotatable bonds is 2. The van der Waals surface area contributed by atoms with E-state index in [0.717, 1.165) is 17.9 Å².